The van der Waals surface area contributed by atoms with Crippen molar-refractivity contribution in [2.75, 3.05) is 14.1 Å². The summed E-state index contributed by atoms with van der Waals surface area (Å²) in [4.78, 5) is 20.4. The van der Waals surface area contributed by atoms with Gasteiger partial charge in [0.25, 0.3) is 0 Å². The molecule has 6 N–H and O–H groups in total. The zero-order valence-corrected chi connectivity index (χ0v) is 21.5. The molecule has 0 aromatic heterocycles. The molecule has 0 unspecified atom stereocenters. The van der Waals surface area contributed by atoms with Crippen molar-refractivity contribution in [3.8, 4) is 11.5 Å². The van der Waals surface area contributed by atoms with E-state index in [9.17, 15) is 20.0 Å². The van der Waals surface area contributed by atoms with E-state index in [0.717, 1.165) is 11.1 Å². The quantitative estimate of drug-likeness (QED) is 0.387. The van der Waals surface area contributed by atoms with Crippen molar-refractivity contribution < 1.29 is 10.2 Å². The lowest BCUT2D eigenvalue weighted by Crippen LogP contribution is -1.84. The molecule has 0 aliphatic heterocycles. The number of nitrogens with two attached hydrogens (primary N) is 2. The number of nitroso groups, excluding NO2 is 2. The second-order valence-electron chi connectivity index (χ2n) is 5.43. The highest BCUT2D eigenvalue weighted by Gasteiger charge is 2.05. The van der Waals surface area contributed by atoms with Gasteiger partial charge in [0.15, 0.2) is 0 Å². The van der Waals surface area contributed by atoms with Gasteiger partial charge in [0.1, 0.15) is 22.9 Å². The molecule has 0 heterocycles. The Morgan fingerprint density at radius 3 is 1.09 bits per heavy atom. The molecule has 8 nitrogen and oxygen atoms in total. The minimum absolute atomic E-state index is 0.268. The Bertz CT molecular complexity index is 688. The number of aryl methyl sites for hydroxylation is 4. The molecule has 0 fully saturated rings. The molecule has 0 radical (unpaired) electrons. The molecule has 8 heteroatoms. The maximum Gasteiger partial charge on any atom is 0.121 e. The van der Waals surface area contributed by atoms with E-state index in [1.54, 1.807) is 38.1 Å². The standard InChI is InChI=1S/2C9H11NO2.2C2H6.2CH5N/c2*1-3-7-5-8(10-12)4-6(2)9(7)11;4*1-2/h2*4-5,11H,3H2,1-2H3;2*1-2H3;2*2H2,1H3. The summed E-state index contributed by atoms with van der Waals surface area (Å²) in [5.41, 5.74) is 12.7. The summed E-state index contributed by atoms with van der Waals surface area (Å²) >= 11 is 0. The summed E-state index contributed by atoms with van der Waals surface area (Å²) in [6.07, 6.45) is 1.41. The van der Waals surface area contributed by atoms with Gasteiger partial charge in [0.05, 0.1) is 0 Å². The fourth-order valence-electron chi connectivity index (χ4n) is 2.31. The highest BCUT2D eigenvalue weighted by molar-refractivity contribution is 5.52. The van der Waals surface area contributed by atoms with Gasteiger partial charge in [-0.15, -0.1) is 9.81 Å². The molecular formula is C24H44N4O4. The van der Waals surface area contributed by atoms with Crippen LogP contribution in [-0.4, -0.2) is 24.3 Å². The van der Waals surface area contributed by atoms with Gasteiger partial charge >= 0.3 is 0 Å². The summed E-state index contributed by atoms with van der Waals surface area (Å²) in [5, 5.41) is 24.6. The van der Waals surface area contributed by atoms with Gasteiger partial charge in [-0.2, -0.15) is 0 Å². The molecule has 32 heavy (non-hydrogen) atoms. The molecule has 0 aliphatic carbocycles. The summed E-state index contributed by atoms with van der Waals surface area (Å²) in [6.45, 7) is 15.3. The van der Waals surface area contributed by atoms with Crippen molar-refractivity contribution >= 4 is 11.4 Å². The average molecular weight is 453 g/mol. The van der Waals surface area contributed by atoms with E-state index in [-0.39, 0.29) is 11.5 Å². The van der Waals surface area contributed by atoms with E-state index in [4.69, 9.17) is 0 Å². The minimum Gasteiger partial charge on any atom is -0.507 e. The molecule has 0 amide bonds. The van der Waals surface area contributed by atoms with Gasteiger partial charge in [0, 0.05) is 0 Å². The number of phenolic OH excluding ortho intramolecular Hbond substituents is 2. The van der Waals surface area contributed by atoms with E-state index >= 15 is 0 Å². The Hall–Kier alpha value is -2.84. The molecule has 0 atom stereocenters. The monoisotopic (exact) mass is 452 g/mol. The molecular weight excluding hydrogens is 408 g/mol. The van der Waals surface area contributed by atoms with Crippen LogP contribution in [0.4, 0.5) is 11.4 Å². The van der Waals surface area contributed by atoms with Gasteiger partial charge in [-0.05, 0) is 97.7 Å². The van der Waals surface area contributed by atoms with E-state index in [2.05, 4.69) is 21.8 Å². The third-order valence-electron chi connectivity index (χ3n) is 3.70. The summed E-state index contributed by atoms with van der Waals surface area (Å²) < 4.78 is 0. The van der Waals surface area contributed by atoms with Crippen LogP contribution < -0.4 is 11.5 Å². The van der Waals surface area contributed by atoms with Crippen molar-refractivity contribution in [1.29, 1.82) is 0 Å². The third-order valence-corrected chi connectivity index (χ3v) is 3.70. The highest BCUT2D eigenvalue weighted by atomic mass is 16.3. The molecule has 184 valence electrons. The summed E-state index contributed by atoms with van der Waals surface area (Å²) in [6, 6.07) is 6.35. The van der Waals surface area contributed by atoms with Crippen molar-refractivity contribution in [3.63, 3.8) is 0 Å². The second kappa shape index (κ2) is 24.4. The molecule has 0 saturated carbocycles. The molecule has 0 bridgehead atoms. The van der Waals surface area contributed by atoms with Crippen LogP contribution in [0.3, 0.4) is 0 Å². The first-order valence-electron chi connectivity index (χ1n) is 10.8. The smallest absolute Gasteiger partial charge is 0.121 e. The van der Waals surface area contributed by atoms with Crippen LogP contribution in [0.5, 0.6) is 11.5 Å². The van der Waals surface area contributed by atoms with Crippen LogP contribution >= 0.6 is 0 Å². The summed E-state index contributed by atoms with van der Waals surface area (Å²) in [7, 11) is 3.00. The van der Waals surface area contributed by atoms with E-state index < -0.39 is 0 Å². The fraction of sp³-hybridized carbons (Fsp3) is 0.500. The predicted octanol–water partition coefficient (Wildman–Crippen LogP) is 6.52. The molecule has 2 aromatic carbocycles. The highest BCUT2D eigenvalue weighted by Crippen LogP contribution is 2.28. The zero-order valence-electron chi connectivity index (χ0n) is 21.5. The van der Waals surface area contributed by atoms with Crippen molar-refractivity contribution in [3.05, 3.63) is 56.3 Å². The Kier molecular flexibility index (Phi) is 27.9. The number of aromatic hydroxyl groups is 2. The lowest BCUT2D eigenvalue weighted by molar-refractivity contribution is 0.464. The maximum absolute atomic E-state index is 10.2. The molecule has 0 saturated heterocycles. The van der Waals surface area contributed by atoms with Crippen LogP contribution in [0.2, 0.25) is 0 Å². The lowest BCUT2D eigenvalue weighted by Gasteiger charge is -2.04. The SMILES string of the molecule is CC.CC.CCc1cc(N=O)cc(C)c1O.CCc1cc(N=O)cc(C)c1O.CN.CN. The first kappa shape index (κ1) is 36.5. The van der Waals surface area contributed by atoms with Gasteiger partial charge in [-0.1, -0.05) is 41.5 Å². The van der Waals surface area contributed by atoms with Crippen molar-refractivity contribution in [2.24, 2.45) is 21.8 Å². The number of hydrogen-bond acceptors (Lipinski definition) is 8. The Balaban J connectivity index is -0.000000187. The average Bonchev–Trinajstić information content (AvgIpc) is 2.87. The maximum atomic E-state index is 10.2. The van der Waals surface area contributed by atoms with Gasteiger partial charge in [-0.25, -0.2) is 0 Å². The van der Waals surface area contributed by atoms with Crippen LogP contribution in [0.15, 0.2) is 34.6 Å². The van der Waals surface area contributed by atoms with Crippen LogP contribution in [0.1, 0.15) is 63.8 Å². The number of nitrogens with zero attached hydrogens (tertiary/aromatic N) is 2. The number of phenols is 2. The summed E-state index contributed by atoms with van der Waals surface area (Å²) in [5.74, 6) is 0.537. The molecule has 0 aliphatic rings. The largest absolute Gasteiger partial charge is 0.507 e. The number of rotatable bonds is 4. The Morgan fingerprint density at radius 2 is 0.906 bits per heavy atom. The number of hydrogen-bond donors (Lipinski definition) is 4. The zero-order chi connectivity index (χ0) is 26.3. The molecule has 2 rings (SSSR count). The van der Waals surface area contributed by atoms with Gasteiger partial charge < -0.3 is 21.7 Å². The normalized spacial score (nSPS) is 8.12. The van der Waals surface area contributed by atoms with Crippen LogP contribution in [-0.2, 0) is 12.8 Å². The lowest BCUT2D eigenvalue weighted by atomic mass is 10.1. The number of benzene rings is 2. The minimum atomic E-state index is 0.268. The topological polar surface area (TPSA) is 151 Å². The second-order valence-corrected chi connectivity index (χ2v) is 5.43. The predicted molar refractivity (Wildman–Crippen MR) is 138 cm³/mol. The van der Waals surface area contributed by atoms with E-state index in [1.165, 1.54) is 14.1 Å². The van der Waals surface area contributed by atoms with E-state index in [0.29, 0.717) is 35.3 Å². The van der Waals surface area contributed by atoms with Crippen molar-refractivity contribution in [2.45, 2.75) is 68.2 Å². The fourth-order valence-corrected chi connectivity index (χ4v) is 2.31. The third kappa shape index (κ3) is 13.5. The van der Waals surface area contributed by atoms with Crippen molar-refractivity contribution in [1.82, 2.24) is 0 Å². The van der Waals surface area contributed by atoms with Gasteiger partial charge in [-0.3, -0.25) is 0 Å². The Labute approximate surface area is 194 Å². The first-order chi connectivity index (χ1) is 15.4. The Morgan fingerprint density at radius 1 is 0.656 bits per heavy atom. The van der Waals surface area contributed by atoms with Crippen LogP contribution in [0.25, 0.3) is 0 Å². The van der Waals surface area contributed by atoms with E-state index in [1.807, 2.05) is 41.5 Å². The van der Waals surface area contributed by atoms with Crippen LogP contribution in [0, 0.1) is 23.7 Å². The molecule has 2 aromatic rings. The van der Waals surface area contributed by atoms with Gasteiger partial charge in [0.2, 0.25) is 0 Å². The first-order valence-corrected chi connectivity index (χ1v) is 10.8. The molecule has 0 spiro atoms.